The van der Waals surface area contributed by atoms with E-state index < -0.39 is 10.0 Å². The zero-order chi connectivity index (χ0) is 13.3. The molecule has 19 heavy (non-hydrogen) atoms. The molecule has 0 radical (unpaired) electrons. The van der Waals surface area contributed by atoms with Crippen molar-refractivity contribution < 1.29 is 8.42 Å². The summed E-state index contributed by atoms with van der Waals surface area (Å²) in [7, 11) is -1.51. The van der Waals surface area contributed by atoms with Crippen molar-refractivity contribution in [1.82, 2.24) is 19.8 Å². The van der Waals surface area contributed by atoms with Gasteiger partial charge < -0.3 is 5.32 Å². The fraction of sp³-hybridized carbons (Fsp3) is 0.727. The number of rotatable bonds is 4. The minimum Gasteiger partial charge on any atom is -0.319 e. The molecule has 0 aliphatic carbocycles. The Labute approximate surface area is 120 Å². The smallest absolute Gasteiger partial charge is 0.246 e. The average molecular weight is 309 g/mol. The number of hydrogen-bond acceptors (Lipinski definition) is 4. The molecule has 0 bridgehead atoms. The molecule has 0 aromatic carbocycles. The lowest BCUT2D eigenvalue weighted by atomic mass is 10.1. The van der Waals surface area contributed by atoms with Crippen LogP contribution in [-0.4, -0.2) is 49.6 Å². The molecule has 2 N–H and O–H groups in total. The summed E-state index contributed by atoms with van der Waals surface area (Å²) < 4.78 is 26.6. The molecule has 2 heterocycles. The highest BCUT2D eigenvalue weighted by Gasteiger charge is 2.34. The van der Waals surface area contributed by atoms with Crippen molar-refractivity contribution in [2.45, 2.75) is 25.2 Å². The van der Waals surface area contributed by atoms with Crippen LogP contribution in [0.15, 0.2) is 4.90 Å². The molecule has 0 amide bonds. The molecule has 1 aromatic heterocycles. The van der Waals surface area contributed by atoms with E-state index in [0.29, 0.717) is 35.3 Å². The molecule has 0 spiro atoms. The highest BCUT2D eigenvalue weighted by molar-refractivity contribution is 7.89. The van der Waals surface area contributed by atoms with Crippen molar-refractivity contribution in [3.63, 3.8) is 0 Å². The Morgan fingerprint density at radius 2 is 2.16 bits per heavy atom. The number of aryl methyl sites for hydroxylation is 2. The lowest BCUT2D eigenvalue weighted by molar-refractivity contribution is 0.450. The maximum Gasteiger partial charge on any atom is 0.246 e. The van der Waals surface area contributed by atoms with Crippen LogP contribution in [0.3, 0.4) is 0 Å². The van der Waals surface area contributed by atoms with Crippen molar-refractivity contribution in [1.29, 1.82) is 0 Å². The van der Waals surface area contributed by atoms with E-state index in [1.165, 1.54) is 0 Å². The Morgan fingerprint density at radius 3 is 2.68 bits per heavy atom. The number of nitrogens with one attached hydrogen (secondary N) is 2. The topological polar surface area (TPSA) is 78.1 Å². The largest absolute Gasteiger partial charge is 0.319 e. The van der Waals surface area contributed by atoms with Gasteiger partial charge in [0.15, 0.2) is 0 Å². The zero-order valence-electron chi connectivity index (χ0n) is 11.4. The average Bonchev–Trinajstić information content (AvgIpc) is 2.87. The van der Waals surface area contributed by atoms with E-state index in [-0.39, 0.29) is 12.4 Å². The van der Waals surface area contributed by atoms with Gasteiger partial charge in [-0.3, -0.25) is 5.10 Å². The molecule has 0 saturated carbocycles. The summed E-state index contributed by atoms with van der Waals surface area (Å²) in [5, 5.41) is 9.80. The van der Waals surface area contributed by atoms with Gasteiger partial charge in [0.2, 0.25) is 10.0 Å². The second-order valence-electron chi connectivity index (χ2n) is 4.84. The van der Waals surface area contributed by atoms with E-state index in [1.807, 2.05) is 7.05 Å². The normalized spacial score (nSPS) is 20.5. The Balaban J connectivity index is 0.00000180. The number of sulfonamides is 1. The molecular formula is C11H21ClN4O2S. The molecule has 8 heteroatoms. The minimum atomic E-state index is -3.40. The molecule has 1 aliphatic heterocycles. The van der Waals surface area contributed by atoms with Gasteiger partial charge in [-0.25, -0.2) is 8.42 Å². The van der Waals surface area contributed by atoms with Crippen molar-refractivity contribution in [2.24, 2.45) is 5.92 Å². The van der Waals surface area contributed by atoms with Crippen LogP contribution in [0.2, 0.25) is 0 Å². The van der Waals surface area contributed by atoms with E-state index in [4.69, 9.17) is 0 Å². The van der Waals surface area contributed by atoms with Gasteiger partial charge in [-0.05, 0) is 39.8 Å². The van der Waals surface area contributed by atoms with E-state index in [0.717, 1.165) is 13.0 Å². The maximum absolute atomic E-state index is 12.5. The summed E-state index contributed by atoms with van der Waals surface area (Å²) in [5.74, 6) is 0.400. The van der Waals surface area contributed by atoms with Gasteiger partial charge in [0.1, 0.15) is 4.90 Å². The van der Waals surface area contributed by atoms with E-state index in [2.05, 4.69) is 15.5 Å². The van der Waals surface area contributed by atoms with Crippen LogP contribution in [-0.2, 0) is 10.0 Å². The summed E-state index contributed by atoms with van der Waals surface area (Å²) >= 11 is 0. The van der Waals surface area contributed by atoms with Gasteiger partial charge in [-0.2, -0.15) is 9.40 Å². The highest BCUT2D eigenvalue weighted by atomic mass is 35.5. The van der Waals surface area contributed by atoms with Crippen LogP contribution in [0.25, 0.3) is 0 Å². The van der Waals surface area contributed by atoms with Crippen LogP contribution in [0.4, 0.5) is 0 Å². The van der Waals surface area contributed by atoms with Crippen LogP contribution in [0.5, 0.6) is 0 Å². The van der Waals surface area contributed by atoms with Gasteiger partial charge >= 0.3 is 0 Å². The Hall–Kier alpha value is -0.630. The van der Waals surface area contributed by atoms with E-state index in [9.17, 15) is 8.42 Å². The van der Waals surface area contributed by atoms with E-state index in [1.54, 1.807) is 18.2 Å². The number of aromatic amines is 1. The zero-order valence-corrected chi connectivity index (χ0v) is 13.1. The standard InChI is InChI=1S/C11H20N4O2S.ClH/c1-8-11(9(2)14-13-8)18(16,17)15-5-4-10(7-15)6-12-3;/h10,12H,4-7H2,1-3H3,(H,13,14);1H. The number of nitrogens with zero attached hydrogens (tertiary/aromatic N) is 2. The van der Waals surface area contributed by atoms with Gasteiger partial charge in [-0.15, -0.1) is 12.4 Å². The van der Waals surface area contributed by atoms with Gasteiger partial charge in [0, 0.05) is 13.1 Å². The third-order valence-electron chi connectivity index (χ3n) is 3.40. The summed E-state index contributed by atoms with van der Waals surface area (Å²) in [6.45, 7) is 5.51. The van der Waals surface area contributed by atoms with Gasteiger partial charge in [-0.1, -0.05) is 0 Å². The fourth-order valence-corrected chi connectivity index (χ4v) is 4.38. The molecule has 1 aromatic rings. The summed E-state index contributed by atoms with van der Waals surface area (Å²) in [6, 6.07) is 0. The second kappa shape index (κ2) is 6.21. The molecule has 2 rings (SSSR count). The predicted octanol–water partition coefficient (Wildman–Crippen LogP) is 0.678. The Kier molecular flexibility index (Phi) is 5.37. The first-order valence-corrected chi connectivity index (χ1v) is 7.57. The third kappa shape index (κ3) is 3.10. The van der Waals surface area contributed by atoms with E-state index >= 15 is 0 Å². The van der Waals surface area contributed by atoms with Crippen LogP contribution in [0, 0.1) is 19.8 Å². The first kappa shape index (κ1) is 16.4. The first-order valence-electron chi connectivity index (χ1n) is 6.13. The Morgan fingerprint density at radius 1 is 1.47 bits per heavy atom. The molecule has 1 fully saturated rings. The molecule has 1 atom stereocenters. The summed E-state index contributed by atoms with van der Waals surface area (Å²) in [4.78, 5) is 0.340. The molecular weight excluding hydrogens is 288 g/mol. The van der Waals surface area contributed by atoms with Crippen LogP contribution in [0.1, 0.15) is 17.8 Å². The molecule has 1 aliphatic rings. The summed E-state index contributed by atoms with van der Waals surface area (Å²) in [5.41, 5.74) is 1.16. The van der Waals surface area contributed by atoms with Crippen molar-refractivity contribution in [2.75, 3.05) is 26.7 Å². The number of aromatic nitrogens is 2. The SMILES string of the molecule is CNCC1CCN(S(=O)(=O)c2c(C)n[nH]c2C)C1.Cl. The molecule has 110 valence electrons. The monoisotopic (exact) mass is 308 g/mol. The first-order chi connectivity index (χ1) is 8.46. The predicted molar refractivity (Wildman–Crippen MR) is 76.1 cm³/mol. The Bertz CT molecular complexity index is 509. The number of halogens is 1. The quantitative estimate of drug-likeness (QED) is 0.857. The van der Waals surface area contributed by atoms with Gasteiger partial charge in [0.05, 0.1) is 11.4 Å². The fourth-order valence-electron chi connectivity index (χ4n) is 2.52. The number of H-pyrrole nitrogens is 1. The van der Waals surface area contributed by atoms with Crippen LogP contribution < -0.4 is 5.32 Å². The maximum atomic E-state index is 12.5. The highest BCUT2D eigenvalue weighted by Crippen LogP contribution is 2.26. The lowest BCUT2D eigenvalue weighted by Crippen LogP contribution is -2.31. The molecule has 1 unspecified atom stereocenters. The minimum absolute atomic E-state index is 0. The van der Waals surface area contributed by atoms with Crippen molar-refractivity contribution >= 4 is 22.4 Å². The molecule has 6 nitrogen and oxygen atoms in total. The summed E-state index contributed by atoms with van der Waals surface area (Å²) in [6.07, 6.45) is 0.913. The lowest BCUT2D eigenvalue weighted by Gasteiger charge is -2.16. The third-order valence-corrected chi connectivity index (χ3v) is 5.53. The van der Waals surface area contributed by atoms with Crippen molar-refractivity contribution in [3.05, 3.63) is 11.4 Å². The second-order valence-corrected chi connectivity index (χ2v) is 6.71. The van der Waals surface area contributed by atoms with Crippen LogP contribution >= 0.6 is 12.4 Å². The van der Waals surface area contributed by atoms with Crippen molar-refractivity contribution in [3.8, 4) is 0 Å². The number of hydrogen-bond donors (Lipinski definition) is 2. The molecule has 1 saturated heterocycles. The van der Waals surface area contributed by atoms with Gasteiger partial charge in [0.25, 0.3) is 0 Å².